The molecule has 3 N–H and O–H groups in total. The standard InChI is InChI=1S/C12H19NO/c1-7-5-8(2)11(9(3)6-7)12(13)10(4)14/h5-6,10,12,14H,13H2,1-4H3. The predicted octanol–water partition coefficient (Wildman–Crippen LogP) is 1.99. The van der Waals surface area contributed by atoms with Crippen molar-refractivity contribution in [2.45, 2.75) is 39.8 Å². The lowest BCUT2D eigenvalue weighted by Crippen LogP contribution is -2.25. The van der Waals surface area contributed by atoms with Crippen molar-refractivity contribution in [2.24, 2.45) is 5.73 Å². The molecule has 0 bridgehead atoms. The van der Waals surface area contributed by atoms with E-state index in [1.807, 2.05) is 13.8 Å². The van der Waals surface area contributed by atoms with Crippen molar-refractivity contribution in [3.8, 4) is 0 Å². The summed E-state index contributed by atoms with van der Waals surface area (Å²) in [7, 11) is 0. The fraction of sp³-hybridized carbons (Fsp3) is 0.500. The Labute approximate surface area is 85.8 Å². The highest BCUT2D eigenvalue weighted by molar-refractivity contribution is 5.39. The molecule has 14 heavy (non-hydrogen) atoms. The fourth-order valence-electron chi connectivity index (χ4n) is 1.96. The van der Waals surface area contributed by atoms with E-state index in [1.54, 1.807) is 6.92 Å². The van der Waals surface area contributed by atoms with Crippen LogP contribution in [0.3, 0.4) is 0 Å². The first-order chi connectivity index (χ1) is 6.43. The van der Waals surface area contributed by atoms with Gasteiger partial charge in [0.05, 0.1) is 12.1 Å². The number of hydrogen-bond acceptors (Lipinski definition) is 2. The van der Waals surface area contributed by atoms with Crippen molar-refractivity contribution in [1.29, 1.82) is 0 Å². The van der Waals surface area contributed by atoms with Crippen molar-refractivity contribution in [2.75, 3.05) is 0 Å². The minimum atomic E-state index is -0.505. The maximum Gasteiger partial charge on any atom is 0.0704 e. The van der Waals surface area contributed by atoms with Gasteiger partial charge in [-0.25, -0.2) is 0 Å². The van der Waals surface area contributed by atoms with E-state index < -0.39 is 6.10 Å². The number of hydrogen-bond donors (Lipinski definition) is 2. The lowest BCUT2D eigenvalue weighted by Gasteiger charge is -2.20. The molecule has 2 unspecified atom stereocenters. The summed E-state index contributed by atoms with van der Waals surface area (Å²) in [5, 5.41) is 9.47. The van der Waals surface area contributed by atoms with Crippen molar-refractivity contribution in [3.63, 3.8) is 0 Å². The summed E-state index contributed by atoms with van der Waals surface area (Å²) in [6.45, 7) is 7.87. The highest BCUT2D eigenvalue weighted by atomic mass is 16.3. The molecule has 0 aliphatic carbocycles. The third kappa shape index (κ3) is 2.14. The van der Waals surface area contributed by atoms with Crippen LogP contribution in [0.4, 0.5) is 0 Å². The zero-order valence-electron chi connectivity index (χ0n) is 9.33. The van der Waals surface area contributed by atoms with Gasteiger partial charge in [-0.2, -0.15) is 0 Å². The number of nitrogens with two attached hydrogens (primary N) is 1. The molecular formula is C12H19NO. The summed E-state index contributed by atoms with van der Waals surface area (Å²) >= 11 is 0. The van der Waals surface area contributed by atoms with Gasteiger partial charge in [-0.1, -0.05) is 17.7 Å². The molecule has 0 amide bonds. The zero-order valence-corrected chi connectivity index (χ0v) is 9.33. The number of aliphatic hydroxyl groups is 1. The monoisotopic (exact) mass is 193 g/mol. The van der Waals surface area contributed by atoms with Crippen LogP contribution in [-0.4, -0.2) is 11.2 Å². The van der Waals surface area contributed by atoms with E-state index in [-0.39, 0.29) is 6.04 Å². The molecule has 0 aromatic heterocycles. The minimum absolute atomic E-state index is 0.282. The Morgan fingerprint density at radius 3 is 1.93 bits per heavy atom. The number of rotatable bonds is 2. The van der Waals surface area contributed by atoms with Gasteiger partial charge in [0.2, 0.25) is 0 Å². The maximum atomic E-state index is 9.47. The summed E-state index contributed by atoms with van der Waals surface area (Å²) in [6, 6.07) is 3.92. The summed E-state index contributed by atoms with van der Waals surface area (Å²) in [5.41, 5.74) is 10.6. The Hall–Kier alpha value is -0.860. The molecule has 1 aromatic rings. The van der Waals surface area contributed by atoms with E-state index >= 15 is 0 Å². The van der Waals surface area contributed by atoms with Crippen LogP contribution in [0.15, 0.2) is 12.1 Å². The predicted molar refractivity (Wildman–Crippen MR) is 59.3 cm³/mol. The first kappa shape index (κ1) is 11.2. The number of aryl methyl sites for hydroxylation is 3. The second-order valence-electron chi connectivity index (χ2n) is 4.08. The van der Waals surface area contributed by atoms with Gasteiger partial charge in [0.25, 0.3) is 0 Å². The van der Waals surface area contributed by atoms with Crippen LogP contribution in [0.2, 0.25) is 0 Å². The third-order valence-corrected chi connectivity index (χ3v) is 2.59. The normalized spacial score (nSPS) is 15.3. The fourth-order valence-corrected chi connectivity index (χ4v) is 1.96. The van der Waals surface area contributed by atoms with Crippen LogP contribution in [0.1, 0.15) is 35.2 Å². The molecule has 0 saturated carbocycles. The van der Waals surface area contributed by atoms with E-state index in [0.29, 0.717) is 0 Å². The quantitative estimate of drug-likeness (QED) is 0.754. The molecule has 2 heteroatoms. The second-order valence-corrected chi connectivity index (χ2v) is 4.08. The highest BCUT2D eigenvalue weighted by Gasteiger charge is 2.16. The van der Waals surface area contributed by atoms with Crippen molar-refractivity contribution in [1.82, 2.24) is 0 Å². The van der Waals surface area contributed by atoms with Gasteiger partial charge in [-0.15, -0.1) is 0 Å². The molecule has 0 aliphatic rings. The first-order valence-corrected chi connectivity index (χ1v) is 4.95. The van der Waals surface area contributed by atoms with E-state index in [4.69, 9.17) is 5.73 Å². The SMILES string of the molecule is Cc1cc(C)c(C(N)C(C)O)c(C)c1. The Kier molecular flexibility index (Phi) is 3.29. The average molecular weight is 193 g/mol. The van der Waals surface area contributed by atoms with Gasteiger partial charge < -0.3 is 10.8 Å². The lowest BCUT2D eigenvalue weighted by atomic mass is 9.92. The Morgan fingerprint density at radius 1 is 1.14 bits per heavy atom. The molecule has 78 valence electrons. The maximum absolute atomic E-state index is 9.47. The first-order valence-electron chi connectivity index (χ1n) is 4.95. The Morgan fingerprint density at radius 2 is 1.57 bits per heavy atom. The van der Waals surface area contributed by atoms with Crippen molar-refractivity contribution in [3.05, 3.63) is 34.4 Å². The smallest absolute Gasteiger partial charge is 0.0704 e. The van der Waals surface area contributed by atoms with Crippen molar-refractivity contribution >= 4 is 0 Å². The topological polar surface area (TPSA) is 46.2 Å². The zero-order chi connectivity index (χ0) is 10.9. The summed E-state index contributed by atoms with van der Waals surface area (Å²) < 4.78 is 0. The third-order valence-electron chi connectivity index (χ3n) is 2.59. The van der Waals surface area contributed by atoms with E-state index in [9.17, 15) is 5.11 Å². The Balaban J connectivity index is 3.20. The minimum Gasteiger partial charge on any atom is -0.391 e. The molecule has 0 spiro atoms. The molecule has 0 aliphatic heterocycles. The van der Waals surface area contributed by atoms with Gasteiger partial charge in [0, 0.05) is 0 Å². The van der Waals surface area contributed by atoms with Gasteiger partial charge in [-0.3, -0.25) is 0 Å². The van der Waals surface area contributed by atoms with Crippen LogP contribution in [-0.2, 0) is 0 Å². The van der Waals surface area contributed by atoms with Crippen LogP contribution in [0.25, 0.3) is 0 Å². The average Bonchev–Trinajstić information content (AvgIpc) is 2.01. The van der Waals surface area contributed by atoms with Crippen molar-refractivity contribution < 1.29 is 5.11 Å². The molecule has 2 atom stereocenters. The largest absolute Gasteiger partial charge is 0.391 e. The molecular weight excluding hydrogens is 174 g/mol. The Bertz CT molecular complexity index is 308. The van der Waals surface area contributed by atoms with Gasteiger partial charge in [0.15, 0.2) is 0 Å². The second kappa shape index (κ2) is 4.11. The highest BCUT2D eigenvalue weighted by Crippen LogP contribution is 2.23. The van der Waals surface area contributed by atoms with Gasteiger partial charge in [0.1, 0.15) is 0 Å². The number of benzene rings is 1. The molecule has 0 fully saturated rings. The molecule has 0 saturated heterocycles. The molecule has 1 aromatic carbocycles. The van der Waals surface area contributed by atoms with Crippen LogP contribution >= 0.6 is 0 Å². The molecule has 1 rings (SSSR count). The van der Waals surface area contributed by atoms with E-state index in [0.717, 1.165) is 16.7 Å². The van der Waals surface area contributed by atoms with Gasteiger partial charge >= 0.3 is 0 Å². The van der Waals surface area contributed by atoms with E-state index in [2.05, 4.69) is 19.1 Å². The van der Waals surface area contributed by atoms with Crippen LogP contribution in [0, 0.1) is 20.8 Å². The summed E-state index contributed by atoms with van der Waals surface area (Å²) in [6.07, 6.45) is -0.505. The molecule has 2 nitrogen and oxygen atoms in total. The van der Waals surface area contributed by atoms with E-state index in [1.165, 1.54) is 5.56 Å². The lowest BCUT2D eigenvalue weighted by molar-refractivity contribution is 0.163. The van der Waals surface area contributed by atoms with Gasteiger partial charge in [-0.05, 0) is 44.4 Å². The summed E-state index contributed by atoms with van der Waals surface area (Å²) in [5.74, 6) is 0. The molecule has 0 radical (unpaired) electrons. The molecule has 0 heterocycles. The number of aliphatic hydroxyl groups excluding tert-OH is 1. The van der Waals surface area contributed by atoms with Crippen LogP contribution in [0.5, 0.6) is 0 Å². The summed E-state index contributed by atoms with van der Waals surface area (Å²) in [4.78, 5) is 0. The van der Waals surface area contributed by atoms with Crippen LogP contribution < -0.4 is 5.73 Å².